The zero-order valence-corrected chi connectivity index (χ0v) is 18.2. The number of urea groups is 1. The minimum absolute atomic E-state index is 0.123. The van der Waals surface area contributed by atoms with E-state index in [1.54, 1.807) is 6.20 Å². The van der Waals surface area contributed by atoms with Gasteiger partial charge < -0.3 is 16.0 Å². The molecular formula is C26H27N5O. The van der Waals surface area contributed by atoms with Crippen molar-refractivity contribution in [2.45, 2.75) is 25.3 Å². The number of benzene rings is 2. The maximum atomic E-state index is 12.2. The third kappa shape index (κ3) is 4.79. The van der Waals surface area contributed by atoms with E-state index in [1.807, 2.05) is 43.3 Å². The summed E-state index contributed by atoms with van der Waals surface area (Å²) in [4.78, 5) is 16.8. The van der Waals surface area contributed by atoms with Gasteiger partial charge in [-0.05, 0) is 43.5 Å². The van der Waals surface area contributed by atoms with E-state index >= 15 is 0 Å². The van der Waals surface area contributed by atoms with Gasteiger partial charge in [0.05, 0.1) is 16.8 Å². The second-order valence-electron chi connectivity index (χ2n) is 8.16. The molecule has 1 atom stereocenters. The van der Waals surface area contributed by atoms with E-state index in [2.05, 4.69) is 51.3 Å². The molecule has 1 fully saturated rings. The molecule has 6 nitrogen and oxygen atoms in total. The molecule has 0 aliphatic carbocycles. The van der Waals surface area contributed by atoms with E-state index in [-0.39, 0.29) is 11.6 Å². The normalized spacial score (nSPS) is 17.5. The molecular weight excluding hydrogens is 398 g/mol. The number of pyridine rings is 1. The maximum Gasteiger partial charge on any atom is 0.315 e. The van der Waals surface area contributed by atoms with Gasteiger partial charge in [-0.15, -0.1) is 0 Å². The smallest absolute Gasteiger partial charge is 0.315 e. The lowest BCUT2D eigenvalue weighted by molar-refractivity contribution is 0.227. The fourth-order valence-corrected chi connectivity index (χ4v) is 4.26. The van der Waals surface area contributed by atoms with Crippen molar-refractivity contribution >= 4 is 6.03 Å². The Balaban J connectivity index is 1.60. The second-order valence-corrected chi connectivity index (χ2v) is 8.16. The molecule has 3 N–H and O–H groups in total. The molecule has 0 spiro atoms. The maximum absolute atomic E-state index is 12.2. The molecule has 2 amide bonds. The van der Waals surface area contributed by atoms with Gasteiger partial charge in [-0.3, -0.25) is 4.98 Å². The molecule has 1 aromatic heterocycles. The van der Waals surface area contributed by atoms with Crippen LogP contribution in [0, 0.1) is 11.3 Å². The van der Waals surface area contributed by atoms with Crippen LogP contribution in [0.5, 0.6) is 0 Å². The predicted octanol–water partition coefficient (Wildman–Crippen LogP) is 3.88. The summed E-state index contributed by atoms with van der Waals surface area (Å²) in [5.74, 6) is 0. The van der Waals surface area contributed by atoms with E-state index in [0.717, 1.165) is 53.9 Å². The van der Waals surface area contributed by atoms with Crippen molar-refractivity contribution in [1.29, 1.82) is 5.26 Å². The number of nitrogens with one attached hydrogen (secondary N) is 3. The van der Waals surface area contributed by atoms with Crippen molar-refractivity contribution < 1.29 is 4.79 Å². The lowest BCUT2D eigenvalue weighted by Gasteiger charge is -2.30. The lowest BCUT2D eigenvalue weighted by Crippen LogP contribution is -2.54. The van der Waals surface area contributed by atoms with Crippen LogP contribution in [0.25, 0.3) is 22.4 Å². The molecule has 6 heteroatoms. The molecule has 1 aliphatic heterocycles. The highest BCUT2D eigenvalue weighted by Crippen LogP contribution is 2.31. The fraction of sp³-hybridized carbons (Fsp3) is 0.269. The Morgan fingerprint density at radius 1 is 1.16 bits per heavy atom. The Kier molecular flexibility index (Phi) is 6.48. The van der Waals surface area contributed by atoms with Crippen molar-refractivity contribution in [1.82, 2.24) is 20.9 Å². The largest absolute Gasteiger partial charge is 0.338 e. The van der Waals surface area contributed by atoms with E-state index in [4.69, 9.17) is 0 Å². The van der Waals surface area contributed by atoms with Crippen molar-refractivity contribution in [3.05, 3.63) is 78.0 Å². The monoisotopic (exact) mass is 425 g/mol. The summed E-state index contributed by atoms with van der Waals surface area (Å²) in [6, 6.07) is 22.3. The molecule has 1 aliphatic rings. The van der Waals surface area contributed by atoms with E-state index in [0.29, 0.717) is 12.1 Å². The zero-order chi connectivity index (χ0) is 22.4. The Morgan fingerprint density at radius 3 is 2.59 bits per heavy atom. The van der Waals surface area contributed by atoms with Crippen molar-refractivity contribution in [2.75, 3.05) is 19.6 Å². The molecule has 3 aromatic rings. The predicted molar refractivity (Wildman–Crippen MR) is 126 cm³/mol. The van der Waals surface area contributed by atoms with Gasteiger partial charge in [0, 0.05) is 30.4 Å². The van der Waals surface area contributed by atoms with Gasteiger partial charge >= 0.3 is 6.03 Å². The van der Waals surface area contributed by atoms with E-state index in [9.17, 15) is 10.1 Å². The van der Waals surface area contributed by atoms with Gasteiger partial charge in [0.25, 0.3) is 0 Å². The average Bonchev–Trinajstić information content (AvgIpc) is 3.27. The summed E-state index contributed by atoms with van der Waals surface area (Å²) in [5, 5.41) is 18.7. The Morgan fingerprint density at radius 2 is 1.94 bits per heavy atom. The SMILES string of the molecule is CCNC(=O)N[C@]1(Cc2ccc(-c3ncc(C#N)cc3-c3ccccc3)cc2)CCNC1. The highest BCUT2D eigenvalue weighted by molar-refractivity contribution is 5.81. The molecule has 4 rings (SSSR count). The number of hydrogen-bond acceptors (Lipinski definition) is 4. The number of nitrogens with zero attached hydrogens (tertiary/aromatic N) is 2. The van der Waals surface area contributed by atoms with Gasteiger partial charge in [0.15, 0.2) is 0 Å². The van der Waals surface area contributed by atoms with Gasteiger partial charge in [-0.1, -0.05) is 54.6 Å². The first-order valence-electron chi connectivity index (χ1n) is 10.9. The van der Waals surface area contributed by atoms with Crippen LogP contribution in [-0.4, -0.2) is 36.2 Å². The Bertz CT molecular complexity index is 1110. The van der Waals surface area contributed by atoms with Crippen molar-refractivity contribution in [2.24, 2.45) is 0 Å². The van der Waals surface area contributed by atoms with Crippen LogP contribution in [0.3, 0.4) is 0 Å². The fourth-order valence-electron chi connectivity index (χ4n) is 4.26. The molecule has 162 valence electrons. The van der Waals surface area contributed by atoms with Gasteiger partial charge in [-0.25, -0.2) is 4.79 Å². The first-order valence-corrected chi connectivity index (χ1v) is 10.9. The van der Waals surface area contributed by atoms with E-state index in [1.165, 1.54) is 0 Å². The quantitative estimate of drug-likeness (QED) is 0.559. The number of carbonyl (C=O) groups is 1. The summed E-state index contributed by atoms with van der Waals surface area (Å²) in [6.07, 6.45) is 3.26. The zero-order valence-electron chi connectivity index (χ0n) is 18.2. The van der Waals surface area contributed by atoms with Gasteiger partial charge in [0.1, 0.15) is 6.07 Å². The lowest BCUT2D eigenvalue weighted by atomic mass is 9.89. The minimum atomic E-state index is -0.289. The highest BCUT2D eigenvalue weighted by atomic mass is 16.2. The number of rotatable bonds is 6. The van der Waals surface area contributed by atoms with Crippen LogP contribution < -0.4 is 16.0 Å². The number of amides is 2. The summed E-state index contributed by atoms with van der Waals surface area (Å²) in [6.45, 7) is 4.16. The highest BCUT2D eigenvalue weighted by Gasteiger charge is 2.35. The van der Waals surface area contributed by atoms with Crippen LogP contribution in [-0.2, 0) is 6.42 Å². The van der Waals surface area contributed by atoms with E-state index < -0.39 is 0 Å². The molecule has 1 saturated heterocycles. The summed E-state index contributed by atoms with van der Waals surface area (Å²) < 4.78 is 0. The molecule has 0 unspecified atom stereocenters. The summed E-state index contributed by atoms with van der Waals surface area (Å²) >= 11 is 0. The summed E-state index contributed by atoms with van der Waals surface area (Å²) in [7, 11) is 0. The van der Waals surface area contributed by atoms with Crippen LogP contribution in [0.1, 0.15) is 24.5 Å². The topological polar surface area (TPSA) is 89.8 Å². The Hall–Kier alpha value is -3.69. The van der Waals surface area contributed by atoms with Crippen LogP contribution in [0.15, 0.2) is 66.9 Å². The first kappa shape index (κ1) is 21.5. The molecule has 32 heavy (non-hydrogen) atoms. The molecule has 0 radical (unpaired) electrons. The third-order valence-electron chi connectivity index (χ3n) is 5.83. The van der Waals surface area contributed by atoms with Crippen molar-refractivity contribution in [3.8, 4) is 28.5 Å². The molecule has 2 aromatic carbocycles. The van der Waals surface area contributed by atoms with Crippen molar-refractivity contribution in [3.63, 3.8) is 0 Å². The molecule has 2 heterocycles. The van der Waals surface area contributed by atoms with Gasteiger partial charge in [-0.2, -0.15) is 5.26 Å². The standard InChI is InChI=1S/C26H27N5O/c1-2-29-25(32)31-26(12-13-28-18-26)15-19-8-10-22(11-9-19)24-23(14-20(16-27)17-30-24)21-6-4-3-5-7-21/h3-11,14,17,28H,2,12-13,15,18H2,1H3,(H2,29,31,32)/t26-/m0/s1. The number of hydrogen-bond donors (Lipinski definition) is 3. The molecule has 0 saturated carbocycles. The first-order chi connectivity index (χ1) is 15.6. The van der Waals surface area contributed by atoms with Crippen LogP contribution in [0.2, 0.25) is 0 Å². The minimum Gasteiger partial charge on any atom is -0.338 e. The summed E-state index contributed by atoms with van der Waals surface area (Å²) in [5.41, 5.74) is 5.21. The number of carbonyl (C=O) groups excluding carboxylic acids is 1. The number of nitriles is 1. The average molecular weight is 426 g/mol. The second kappa shape index (κ2) is 9.63. The molecule has 0 bridgehead atoms. The third-order valence-corrected chi connectivity index (χ3v) is 5.83. The van der Waals surface area contributed by atoms with Gasteiger partial charge in [0.2, 0.25) is 0 Å². The van der Waals surface area contributed by atoms with Crippen LogP contribution >= 0.6 is 0 Å². The van der Waals surface area contributed by atoms with Crippen LogP contribution in [0.4, 0.5) is 4.79 Å². The number of aromatic nitrogens is 1. The Labute approximate surface area is 188 Å².